The summed E-state index contributed by atoms with van der Waals surface area (Å²) in [5.41, 5.74) is 3.32. The number of likely N-dealkylation sites (N-methyl/N-ethyl adjacent to an activating group) is 1. The van der Waals surface area contributed by atoms with Crippen LogP contribution in [-0.2, 0) is 0 Å². The normalized spacial score (nSPS) is 15.0. The van der Waals surface area contributed by atoms with Gasteiger partial charge in [-0.3, -0.25) is 9.59 Å². The summed E-state index contributed by atoms with van der Waals surface area (Å²) in [6, 6.07) is 10.8. The van der Waals surface area contributed by atoms with Gasteiger partial charge in [-0.25, -0.2) is 4.98 Å². The Morgan fingerprint density at radius 1 is 0.923 bits per heavy atom. The average Bonchev–Trinajstić information content (AvgIpc) is 2.65. The van der Waals surface area contributed by atoms with E-state index in [0.717, 1.165) is 29.9 Å². The van der Waals surface area contributed by atoms with Gasteiger partial charge in [0.2, 0.25) is 0 Å². The van der Waals surface area contributed by atoms with Crippen molar-refractivity contribution in [1.29, 1.82) is 0 Å². The second kappa shape index (κ2) is 7.66. The van der Waals surface area contributed by atoms with Gasteiger partial charge in [-0.1, -0.05) is 24.3 Å². The van der Waals surface area contributed by atoms with Crippen molar-refractivity contribution in [1.82, 2.24) is 14.8 Å². The molecule has 2 aromatic rings. The Kier molecular flexibility index (Phi) is 5.32. The highest BCUT2D eigenvalue weighted by Crippen LogP contribution is 2.20. The van der Waals surface area contributed by atoms with Gasteiger partial charge in [-0.2, -0.15) is 0 Å². The predicted octanol–water partition coefficient (Wildman–Crippen LogP) is 2.34. The summed E-state index contributed by atoms with van der Waals surface area (Å²) < 4.78 is 0. The number of aryl methyl sites for hydroxylation is 2. The second-order valence-electron chi connectivity index (χ2n) is 6.72. The largest absolute Gasteiger partial charge is 0.335 e. The molecule has 0 unspecified atom stereocenters. The fourth-order valence-corrected chi connectivity index (χ4v) is 3.04. The highest BCUT2D eigenvalue weighted by molar-refractivity contribution is 6.04. The van der Waals surface area contributed by atoms with E-state index in [1.165, 1.54) is 0 Å². The molecule has 6 heteroatoms. The Bertz CT molecular complexity index is 806. The number of hydrogen-bond donors (Lipinski definition) is 1. The number of anilines is 1. The number of hydrogen-bond acceptors (Lipinski definition) is 4. The molecule has 1 saturated heterocycles. The standard InChI is InChI=1S/C20H24N4O2/c1-14-6-4-7-15(2)18(14)22-19(25)16-8-5-9-17(21-16)20(26)24-12-10-23(3)11-13-24/h4-9H,10-13H2,1-3H3,(H,22,25). The molecule has 1 aliphatic rings. The summed E-state index contributed by atoms with van der Waals surface area (Å²) in [5, 5.41) is 2.91. The van der Waals surface area contributed by atoms with E-state index in [4.69, 9.17) is 0 Å². The lowest BCUT2D eigenvalue weighted by atomic mass is 10.1. The Balaban J connectivity index is 1.76. The molecule has 0 atom stereocenters. The summed E-state index contributed by atoms with van der Waals surface area (Å²) in [6.45, 7) is 6.94. The van der Waals surface area contributed by atoms with E-state index >= 15 is 0 Å². The monoisotopic (exact) mass is 352 g/mol. The molecular weight excluding hydrogens is 328 g/mol. The maximum absolute atomic E-state index is 12.7. The molecule has 0 spiro atoms. The van der Waals surface area contributed by atoms with Crippen molar-refractivity contribution in [3.63, 3.8) is 0 Å². The molecule has 0 aliphatic carbocycles. The van der Waals surface area contributed by atoms with E-state index in [1.54, 1.807) is 23.1 Å². The first kappa shape index (κ1) is 18.1. The molecule has 1 aromatic carbocycles. The number of pyridine rings is 1. The lowest BCUT2D eigenvalue weighted by Crippen LogP contribution is -2.47. The third-order valence-electron chi connectivity index (χ3n) is 4.71. The first-order valence-corrected chi connectivity index (χ1v) is 8.78. The van der Waals surface area contributed by atoms with E-state index in [9.17, 15) is 9.59 Å². The zero-order chi connectivity index (χ0) is 18.7. The minimum Gasteiger partial charge on any atom is -0.335 e. The Hall–Kier alpha value is -2.73. The zero-order valence-corrected chi connectivity index (χ0v) is 15.5. The molecule has 1 fully saturated rings. The minimum absolute atomic E-state index is 0.125. The molecule has 2 heterocycles. The maximum Gasteiger partial charge on any atom is 0.274 e. The van der Waals surface area contributed by atoms with E-state index < -0.39 is 0 Å². The van der Waals surface area contributed by atoms with Crippen molar-refractivity contribution < 1.29 is 9.59 Å². The topological polar surface area (TPSA) is 65.5 Å². The van der Waals surface area contributed by atoms with Gasteiger partial charge in [0.05, 0.1) is 0 Å². The third kappa shape index (κ3) is 3.91. The molecule has 2 amide bonds. The number of carbonyl (C=O) groups excluding carboxylic acids is 2. The number of nitrogens with one attached hydrogen (secondary N) is 1. The maximum atomic E-state index is 12.7. The predicted molar refractivity (Wildman–Crippen MR) is 102 cm³/mol. The molecule has 0 saturated carbocycles. The van der Waals surface area contributed by atoms with Gasteiger partial charge >= 0.3 is 0 Å². The zero-order valence-electron chi connectivity index (χ0n) is 15.5. The van der Waals surface area contributed by atoms with Gasteiger partial charge in [0.25, 0.3) is 11.8 Å². The highest BCUT2D eigenvalue weighted by Gasteiger charge is 2.22. The second-order valence-corrected chi connectivity index (χ2v) is 6.72. The first-order valence-electron chi connectivity index (χ1n) is 8.78. The van der Waals surface area contributed by atoms with Crippen LogP contribution in [0.4, 0.5) is 5.69 Å². The molecule has 1 N–H and O–H groups in total. The van der Waals surface area contributed by atoms with Crippen LogP contribution in [0.25, 0.3) is 0 Å². The van der Waals surface area contributed by atoms with Gasteiger partial charge in [0.15, 0.2) is 0 Å². The van der Waals surface area contributed by atoms with E-state index in [-0.39, 0.29) is 17.5 Å². The van der Waals surface area contributed by atoms with Crippen LogP contribution in [-0.4, -0.2) is 59.8 Å². The van der Waals surface area contributed by atoms with E-state index in [0.29, 0.717) is 18.8 Å². The van der Waals surface area contributed by atoms with Crippen LogP contribution in [0.2, 0.25) is 0 Å². The summed E-state index contributed by atoms with van der Waals surface area (Å²) in [7, 11) is 2.04. The van der Waals surface area contributed by atoms with Crippen molar-refractivity contribution in [2.75, 3.05) is 38.5 Å². The van der Waals surface area contributed by atoms with Crippen LogP contribution in [0, 0.1) is 13.8 Å². The SMILES string of the molecule is Cc1cccc(C)c1NC(=O)c1cccc(C(=O)N2CCN(C)CC2)n1. The fraction of sp³-hybridized carbons (Fsp3) is 0.350. The summed E-state index contributed by atoms with van der Waals surface area (Å²) in [6.07, 6.45) is 0. The number of carbonyl (C=O) groups is 2. The van der Waals surface area contributed by atoms with Gasteiger partial charge in [0.1, 0.15) is 11.4 Å². The number of benzene rings is 1. The Labute approximate surface area is 153 Å². The number of para-hydroxylation sites is 1. The Morgan fingerprint density at radius 3 is 2.15 bits per heavy atom. The van der Waals surface area contributed by atoms with Crippen molar-refractivity contribution in [2.45, 2.75) is 13.8 Å². The van der Waals surface area contributed by atoms with Crippen LogP contribution >= 0.6 is 0 Å². The third-order valence-corrected chi connectivity index (χ3v) is 4.71. The van der Waals surface area contributed by atoms with Crippen LogP contribution < -0.4 is 5.32 Å². The van der Waals surface area contributed by atoms with Crippen LogP contribution in [0.3, 0.4) is 0 Å². The number of nitrogens with zero attached hydrogens (tertiary/aromatic N) is 3. The molecule has 1 aliphatic heterocycles. The molecule has 26 heavy (non-hydrogen) atoms. The van der Waals surface area contributed by atoms with Gasteiger partial charge in [-0.15, -0.1) is 0 Å². The minimum atomic E-state index is -0.310. The van der Waals surface area contributed by atoms with Crippen molar-refractivity contribution in [3.8, 4) is 0 Å². The van der Waals surface area contributed by atoms with Gasteiger partial charge in [0, 0.05) is 31.9 Å². The molecule has 0 bridgehead atoms. The van der Waals surface area contributed by atoms with Crippen molar-refractivity contribution >= 4 is 17.5 Å². The summed E-state index contributed by atoms with van der Waals surface area (Å²) in [4.78, 5) is 33.5. The number of aromatic nitrogens is 1. The van der Waals surface area contributed by atoms with Gasteiger partial charge in [-0.05, 0) is 44.2 Å². The number of rotatable bonds is 3. The molecular formula is C20H24N4O2. The number of amides is 2. The smallest absolute Gasteiger partial charge is 0.274 e. The summed E-state index contributed by atoms with van der Waals surface area (Å²) >= 11 is 0. The van der Waals surface area contributed by atoms with Crippen LogP contribution in [0.1, 0.15) is 32.1 Å². The highest BCUT2D eigenvalue weighted by atomic mass is 16.2. The van der Waals surface area contributed by atoms with Gasteiger partial charge < -0.3 is 15.1 Å². The lowest BCUT2D eigenvalue weighted by molar-refractivity contribution is 0.0658. The van der Waals surface area contributed by atoms with Crippen LogP contribution in [0.5, 0.6) is 0 Å². The lowest BCUT2D eigenvalue weighted by Gasteiger charge is -2.32. The fourth-order valence-electron chi connectivity index (χ4n) is 3.04. The Morgan fingerprint density at radius 2 is 1.50 bits per heavy atom. The molecule has 1 aromatic heterocycles. The van der Waals surface area contributed by atoms with Crippen molar-refractivity contribution in [2.24, 2.45) is 0 Å². The summed E-state index contributed by atoms with van der Waals surface area (Å²) in [5.74, 6) is -0.435. The molecule has 136 valence electrons. The molecule has 3 rings (SSSR count). The quantitative estimate of drug-likeness (QED) is 0.921. The van der Waals surface area contributed by atoms with E-state index in [2.05, 4.69) is 15.2 Å². The molecule has 0 radical (unpaired) electrons. The van der Waals surface area contributed by atoms with E-state index in [1.807, 2.05) is 39.1 Å². The number of piperazine rings is 1. The van der Waals surface area contributed by atoms with Crippen molar-refractivity contribution in [3.05, 3.63) is 58.9 Å². The van der Waals surface area contributed by atoms with Crippen LogP contribution in [0.15, 0.2) is 36.4 Å². The average molecular weight is 352 g/mol. The first-order chi connectivity index (χ1) is 12.5. The molecule has 6 nitrogen and oxygen atoms in total.